The van der Waals surface area contributed by atoms with Crippen molar-refractivity contribution < 1.29 is 14.3 Å². The monoisotopic (exact) mass is 432 g/mol. The molecule has 1 unspecified atom stereocenters. The van der Waals surface area contributed by atoms with Crippen molar-refractivity contribution in [1.29, 1.82) is 0 Å². The summed E-state index contributed by atoms with van der Waals surface area (Å²) in [6, 6.07) is 14.6. The minimum absolute atomic E-state index is 0.124. The van der Waals surface area contributed by atoms with Gasteiger partial charge in [-0.2, -0.15) is 0 Å². The third kappa shape index (κ3) is 6.40. The van der Waals surface area contributed by atoms with Crippen LogP contribution in [0.5, 0.6) is 5.75 Å². The molecular formula is C21H25BrN2O3. The van der Waals surface area contributed by atoms with E-state index in [1.807, 2.05) is 62.4 Å². The number of likely N-dealkylation sites (N-methyl/N-ethyl adjacent to an activating group) is 1. The van der Waals surface area contributed by atoms with Crippen LogP contribution in [0.1, 0.15) is 25.0 Å². The Balaban J connectivity index is 2.12. The van der Waals surface area contributed by atoms with E-state index in [0.29, 0.717) is 18.8 Å². The first kappa shape index (κ1) is 21.0. The van der Waals surface area contributed by atoms with Crippen LogP contribution in [0.2, 0.25) is 0 Å². The summed E-state index contributed by atoms with van der Waals surface area (Å²) in [5.74, 6) is 0.201. The van der Waals surface area contributed by atoms with Gasteiger partial charge < -0.3 is 15.0 Å². The van der Waals surface area contributed by atoms with Crippen molar-refractivity contribution in [3.8, 4) is 5.75 Å². The molecule has 0 bridgehead atoms. The molecule has 5 nitrogen and oxygen atoms in total. The number of halogens is 1. The fourth-order valence-corrected chi connectivity index (χ4v) is 3.05. The second-order valence-electron chi connectivity index (χ2n) is 6.32. The van der Waals surface area contributed by atoms with Crippen LogP contribution in [-0.2, 0) is 16.1 Å². The van der Waals surface area contributed by atoms with Crippen molar-refractivity contribution in [3.05, 3.63) is 64.1 Å². The molecule has 0 heterocycles. The average Bonchev–Trinajstić information content (AvgIpc) is 2.65. The highest BCUT2D eigenvalue weighted by atomic mass is 79.9. The topological polar surface area (TPSA) is 58.6 Å². The summed E-state index contributed by atoms with van der Waals surface area (Å²) < 4.78 is 6.55. The molecule has 0 fully saturated rings. The van der Waals surface area contributed by atoms with Crippen LogP contribution in [0.4, 0.5) is 0 Å². The van der Waals surface area contributed by atoms with Gasteiger partial charge in [0.1, 0.15) is 11.8 Å². The Morgan fingerprint density at radius 1 is 1.19 bits per heavy atom. The first-order valence-corrected chi connectivity index (χ1v) is 9.71. The number of carbonyl (C=O) groups excluding carboxylic acids is 2. The van der Waals surface area contributed by atoms with Crippen LogP contribution < -0.4 is 10.1 Å². The van der Waals surface area contributed by atoms with E-state index in [9.17, 15) is 9.59 Å². The van der Waals surface area contributed by atoms with Crippen molar-refractivity contribution in [2.45, 2.75) is 33.4 Å². The third-order valence-electron chi connectivity index (χ3n) is 4.14. The highest BCUT2D eigenvalue weighted by molar-refractivity contribution is 9.10. The van der Waals surface area contributed by atoms with Gasteiger partial charge in [-0.15, -0.1) is 0 Å². The molecule has 0 saturated carbocycles. The van der Waals surface area contributed by atoms with Gasteiger partial charge in [-0.25, -0.2) is 0 Å². The number of ether oxygens (including phenoxy) is 1. The summed E-state index contributed by atoms with van der Waals surface area (Å²) in [6.07, 6.45) is 0. The van der Waals surface area contributed by atoms with Gasteiger partial charge in [0, 0.05) is 17.6 Å². The van der Waals surface area contributed by atoms with Gasteiger partial charge in [0.05, 0.1) is 0 Å². The maximum atomic E-state index is 12.8. The lowest BCUT2D eigenvalue weighted by atomic mass is 10.1. The minimum atomic E-state index is -0.599. The van der Waals surface area contributed by atoms with E-state index in [1.54, 1.807) is 11.8 Å². The fraction of sp³-hybridized carbons (Fsp3) is 0.333. The van der Waals surface area contributed by atoms with Gasteiger partial charge in [-0.05, 0) is 50.6 Å². The number of carbonyl (C=O) groups is 2. The Morgan fingerprint density at radius 2 is 1.89 bits per heavy atom. The van der Waals surface area contributed by atoms with Gasteiger partial charge >= 0.3 is 0 Å². The zero-order valence-corrected chi connectivity index (χ0v) is 17.5. The molecule has 27 heavy (non-hydrogen) atoms. The molecule has 1 atom stereocenters. The SMILES string of the molecule is CCNC(=O)C(C)N(Cc1cccc(Br)c1)C(=O)COc1ccc(C)cc1. The average molecular weight is 433 g/mol. The molecule has 6 heteroatoms. The van der Waals surface area contributed by atoms with E-state index in [0.717, 1.165) is 15.6 Å². The molecule has 1 N–H and O–H groups in total. The number of hydrogen-bond donors (Lipinski definition) is 1. The van der Waals surface area contributed by atoms with Gasteiger partial charge in [-0.3, -0.25) is 9.59 Å². The Kier molecular flexibility index (Phi) is 7.85. The Bertz CT molecular complexity index is 777. The summed E-state index contributed by atoms with van der Waals surface area (Å²) in [5.41, 5.74) is 2.05. The van der Waals surface area contributed by atoms with Gasteiger partial charge in [0.25, 0.3) is 5.91 Å². The van der Waals surface area contributed by atoms with Crippen molar-refractivity contribution in [1.82, 2.24) is 10.2 Å². The van der Waals surface area contributed by atoms with Crippen LogP contribution >= 0.6 is 15.9 Å². The molecule has 2 aromatic rings. The molecule has 0 saturated heterocycles. The summed E-state index contributed by atoms with van der Waals surface area (Å²) in [7, 11) is 0. The fourth-order valence-electron chi connectivity index (χ4n) is 2.60. The number of hydrogen-bond acceptors (Lipinski definition) is 3. The minimum Gasteiger partial charge on any atom is -0.484 e. The first-order chi connectivity index (χ1) is 12.9. The Morgan fingerprint density at radius 3 is 2.52 bits per heavy atom. The van der Waals surface area contributed by atoms with E-state index in [-0.39, 0.29) is 18.4 Å². The van der Waals surface area contributed by atoms with E-state index in [2.05, 4.69) is 21.2 Å². The highest BCUT2D eigenvalue weighted by Gasteiger charge is 2.26. The predicted octanol–water partition coefficient (Wildman–Crippen LogP) is 3.69. The largest absolute Gasteiger partial charge is 0.484 e. The highest BCUT2D eigenvalue weighted by Crippen LogP contribution is 2.16. The molecule has 0 radical (unpaired) electrons. The first-order valence-electron chi connectivity index (χ1n) is 8.91. The maximum absolute atomic E-state index is 12.8. The van der Waals surface area contributed by atoms with Gasteiger partial charge in [0.15, 0.2) is 6.61 Å². The maximum Gasteiger partial charge on any atom is 0.261 e. The van der Waals surface area contributed by atoms with Crippen LogP contribution in [0.15, 0.2) is 53.0 Å². The summed E-state index contributed by atoms with van der Waals surface area (Å²) in [5, 5.41) is 2.77. The Labute approximate surface area is 168 Å². The zero-order chi connectivity index (χ0) is 19.8. The zero-order valence-electron chi connectivity index (χ0n) is 15.9. The van der Waals surface area contributed by atoms with Crippen LogP contribution in [-0.4, -0.2) is 35.9 Å². The lowest BCUT2D eigenvalue weighted by Gasteiger charge is -2.28. The molecule has 2 aromatic carbocycles. The summed E-state index contributed by atoms with van der Waals surface area (Å²) in [4.78, 5) is 26.7. The third-order valence-corrected chi connectivity index (χ3v) is 4.64. The molecule has 0 aliphatic carbocycles. The van der Waals surface area contributed by atoms with Crippen molar-refractivity contribution >= 4 is 27.7 Å². The number of nitrogens with zero attached hydrogens (tertiary/aromatic N) is 1. The molecule has 0 spiro atoms. The second kappa shape index (κ2) is 10.1. The number of rotatable bonds is 8. The second-order valence-corrected chi connectivity index (χ2v) is 7.24. The lowest BCUT2D eigenvalue weighted by molar-refractivity contribution is -0.142. The quantitative estimate of drug-likeness (QED) is 0.691. The van der Waals surface area contributed by atoms with Crippen LogP contribution in [0.3, 0.4) is 0 Å². The van der Waals surface area contributed by atoms with Crippen molar-refractivity contribution in [2.24, 2.45) is 0 Å². The molecule has 0 aliphatic rings. The van der Waals surface area contributed by atoms with Crippen molar-refractivity contribution in [2.75, 3.05) is 13.2 Å². The van der Waals surface area contributed by atoms with Crippen molar-refractivity contribution in [3.63, 3.8) is 0 Å². The number of nitrogens with one attached hydrogen (secondary N) is 1. The normalized spacial score (nSPS) is 11.6. The molecule has 2 rings (SSSR count). The van der Waals surface area contributed by atoms with Crippen LogP contribution in [0, 0.1) is 6.92 Å². The lowest BCUT2D eigenvalue weighted by Crippen LogP contribution is -2.49. The number of aryl methyl sites for hydroxylation is 1. The molecule has 144 valence electrons. The van der Waals surface area contributed by atoms with Gasteiger partial charge in [-0.1, -0.05) is 45.8 Å². The standard InChI is InChI=1S/C21H25BrN2O3/c1-4-23-21(26)16(3)24(13-17-6-5-7-18(22)12-17)20(25)14-27-19-10-8-15(2)9-11-19/h5-12,16H,4,13-14H2,1-3H3,(H,23,26). The van der Waals surface area contributed by atoms with Crippen LogP contribution in [0.25, 0.3) is 0 Å². The van der Waals surface area contributed by atoms with E-state index in [4.69, 9.17) is 4.74 Å². The summed E-state index contributed by atoms with van der Waals surface area (Å²) >= 11 is 3.44. The number of benzene rings is 2. The predicted molar refractivity (Wildman–Crippen MR) is 110 cm³/mol. The molecular weight excluding hydrogens is 408 g/mol. The molecule has 0 aromatic heterocycles. The summed E-state index contributed by atoms with van der Waals surface area (Å²) in [6.45, 7) is 6.29. The van der Waals surface area contributed by atoms with E-state index < -0.39 is 6.04 Å². The van der Waals surface area contributed by atoms with Gasteiger partial charge in [0.2, 0.25) is 5.91 Å². The van der Waals surface area contributed by atoms with E-state index in [1.165, 1.54) is 0 Å². The smallest absolute Gasteiger partial charge is 0.261 e. The van der Waals surface area contributed by atoms with E-state index >= 15 is 0 Å². The molecule has 2 amide bonds. The Hall–Kier alpha value is -2.34. The molecule has 0 aliphatic heterocycles. The number of amides is 2.